The summed E-state index contributed by atoms with van der Waals surface area (Å²) in [6, 6.07) is 0. The van der Waals surface area contributed by atoms with Gasteiger partial charge in [0.15, 0.2) is 0 Å². The zero-order valence-electron chi connectivity index (χ0n) is 3.40. The summed E-state index contributed by atoms with van der Waals surface area (Å²) in [6.45, 7) is 1.14. The van der Waals surface area contributed by atoms with E-state index in [0.29, 0.717) is 13.1 Å². The first-order chi connectivity index (χ1) is 2.89. The lowest BCUT2D eigenvalue weighted by molar-refractivity contribution is 0.116. The third kappa shape index (κ3) is 0.680. The molecule has 0 bridgehead atoms. The maximum atomic E-state index is 10.2. The molecule has 0 aliphatic carbocycles. The maximum Gasteiger partial charge on any atom is 0.120 e. The fraction of sp³-hybridized carbons (Fsp3) is 1.00. The number of hydrogen-bond donors (Lipinski definition) is 2. The van der Waals surface area contributed by atoms with Crippen LogP contribution in [0.5, 0.6) is 0 Å². The van der Waals surface area contributed by atoms with Crippen molar-refractivity contribution in [2.75, 3.05) is 13.1 Å². The van der Waals surface area contributed by atoms with E-state index in [9.17, 15) is 5.11 Å². The number of nitrogens with one attached hydrogen (secondary N) is 2. The largest absolute Gasteiger partial charge is 0.255 e. The number of hydrogen-bond acceptors (Lipinski definition) is 2. The molecule has 0 spiro atoms. The van der Waals surface area contributed by atoms with E-state index in [4.69, 9.17) is 0 Å². The lowest BCUT2D eigenvalue weighted by atomic mass is 10.4. The fourth-order valence-corrected chi connectivity index (χ4v) is 0.444. The van der Waals surface area contributed by atoms with Gasteiger partial charge in [0.2, 0.25) is 0 Å². The van der Waals surface area contributed by atoms with Crippen molar-refractivity contribution < 1.29 is 5.11 Å². The molecule has 1 fully saturated rings. The van der Waals surface area contributed by atoms with Crippen molar-refractivity contribution in [2.45, 2.75) is 6.10 Å². The standard InChI is InChI=1S/C3H7N2O/c6-3-1-4-5-2-3/h3-5H,1-2H2. The van der Waals surface area contributed by atoms with Crippen LogP contribution in [-0.4, -0.2) is 19.2 Å². The Balaban J connectivity index is 2.18. The van der Waals surface area contributed by atoms with E-state index in [1.165, 1.54) is 0 Å². The van der Waals surface area contributed by atoms with Crippen LogP contribution in [0.3, 0.4) is 0 Å². The van der Waals surface area contributed by atoms with E-state index < -0.39 is 6.10 Å². The van der Waals surface area contributed by atoms with Crippen LogP contribution in [-0.2, 0) is 5.11 Å². The lowest BCUT2D eigenvalue weighted by Gasteiger charge is -1.84. The van der Waals surface area contributed by atoms with Gasteiger partial charge in [0.25, 0.3) is 0 Å². The van der Waals surface area contributed by atoms with E-state index in [1.807, 2.05) is 0 Å². The minimum Gasteiger partial charge on any atom is -0.255 e. The monoisotopic (exact) mass is 87.1 g/mol. The first-order valence-corrected chi connectivity index (χ1v) is 2.01. The molecule has 6 heavy (non-hydrogen) atoms. The smallest absolute Gasteiger partial charge is 0.120 e. The molecule has 2 N–H and O–H groups in total. The molecule has 35 valence electrons. The van der Waals surface area contributed by atoms with Crippen LogP contribution in [0.2, 0.25) is 0 Å². The molecule has 0 aromatic heterocycles. The minimum atomic E-state index is -0.426. The Bertz CT molecular complexity index is 42.1. The predicted octanol–water partition coefficient (Wildman–Crippen LogP) is -1.11. The quantitative estimate of drug-likeness (QED) is 0.393. The Kier molecular flexibility index (Phi) is 1.05. The molecule has 0 aromatic carbocycles. The van der Waals surface area contributed by atoms with Crippen molar-refractivity contribution in [1.82, 2.24) is 10.9 Å². The lowest BCUT2D eigenvalue weighted by Crippen LogP contribution is -2.21. The highest BCUT2D eigenvalue weighted by Gasteiger charge is 2.09. The van der Waals surface area contributed by atoms with Gasteiger partial charge in [-0.2, -0.15) is 0 Å². The van der Waals surface area contributed by atoms with Crippen LogP contribution in [0, 0.1) is 0 Å². The van der Waals surface area contributed by atoms with Crippen molar-refractivity contribution in [3.05, 3.63) is 0 Å². The highest BCUT2D eigenvalue weighted by Crippen LogP contribution is 1.81. The summed E-state index contributed by atoms with van der Waals surface area (Å²) < 4.78 is 0. The van der Waals surface area contributed by atoms with Crippen molar-refractivity contribution >= 4 is 0 Å². The molecular weight excluding hydrogens is 80.0 g/mol. The molecule has 3 nitrogen and oxygen atoms in total. The van der Waals surface area contributed by atoms with E-state index in [0.717, 1.165) is 0 Å². The van der Waals surface area contributed by atoms with Crippen molar-refractivity contribution in [2.24, 2.45) is 0 Å². The third-order valence-corrected chi connectivity index (χ3v) is 0.784. The number of rotatable bonds is 0. The van der Waals surface area contributed by atoms with Crippen molar-refractivity contribution in [3.8, 4) is 0 Å². The molecule has 0 unspecified atom stereocenters. The van der Waals surface area contributed by atoms with Crippen LogP contribution >= 0.6 is 0 Å². The molecular formula is C3H7N2O. The summed E-state index contributed by atoms with van der Waals surface area (Å²) in [5.74, 6) is 0. The molecule has 0 aromatic rings. The summed E-state index contributed by atoms with van der Waals surface area (Å²) in [5.41, 5.74) is 5.42. The van der Waals surface area contributed by atoms with Crippen molar-refractivity contribution in [1.29, 1.82) is 0 Å². The minimum absolute atomic E-state index is 0.426. The maximum absolute atomic E-state index is 10.2. The van der Waals surface area contributed by atoms with Gasteiger partial charge in [-0.1, -0.05) is 0 Å². The zero-order chi connectivity index (χ0) is 4.41. The van der Waals surface area contributed by atoms with E-state index in [1.54, 1.807) is 0 Å². The van der Waals surface area contributed by atoms with Gasteiger partial charge in [-0.05, 0) is 0 Å². The second-order valence-electron chi connectivity index (χ2n) is 1.38. The van der Waals surface area contributed by atoms with Gasteiger partial charge in [-0.25, -0.2) is 5.11 Å². The van der Waals surface area contributed by atoms with Crippen LogP contribution < -0.4 is 10.9 Å². The average Bonchev–Trinajstić information content (AvgIpc) is 1.86. The van der Waals surface area contributed by atoms with Gasteiger partial charge < -0.3 is 0 Å². The van der Waals surface area contributed by atoms with Gasteiger partial charge in [-0.15, -0.1) is 0 Å². The van der Waals surface area contributed by atoms with Gasteiger partial charge in [0, 0.05) is 13.1 Å². The summed E-state index contributed by atoms with van der Waals surface area (Å²) in [4.78, 5) is 0. The Morgan fingerprint density at radius 3 is 2.00 bits per heavy atom. The first kappa shape index (κ1) is 4.05. The predicted molar refractivity (Wildman–Crippen MR) is 20.5 cm³/mol. The Labute approximate surface area is 36.3 Å². The van der Waals surface area contributed by atoms with Gasteiger partial charge in [-0.3, -0.25) is 10.9 Å². The normalized spacial score (nSPS) is 25.5. The van der Waals surface area contributed by atoms with Gasteiger partial charge >= 0.3 is 0 Å². The molecule has 1 rings (SSSR count). The summed E-state index contributed by atoms with van der Waals surface area (Å²) in [5, 5.41) is 10.2. The molecule has 1 aliphatic heterocycles. The zero-order valence-corrected chi connectivity index (χ0v) is 3.40. The second-order valence-corrected chi connectivity index (χ2v) is 1.38. The van der Waals surface area contributed by atoms with E-state index >= 15 is 0 Å². The van der Waals surface area contributed by atoms with Crippen molar-refractivity contribution in [3.63, 3.8) is 0 Å². The SMILES string of the molecule is [O]C1CNNC1. The fourth-order valence-electron chi connectivity index (χ4n) is 0.444. The summed E-state index contributed by atoms with van der Waals surface area (Å²) in [6.07, 6.45) is -0.426. The first-order valence-electron chi connectivity index (χ1n) is 2.01. The van der Waals surface area contributed by atoms with E-state index in [2.05, 4.69) is 10.9 Å². The highest BCUT2D eigenvalue weighted by molar-refractivity contribution is 4.64. The van der Waals surface area contributed by atoms with Crippen LogP contribution in [0.4, 0.5) is 0 Å². The summed E-state index contributed by atoms with van der Waals surface area (Å²) in [7, 11) is 0. The summed E-state index contributed by atoms with van der Waals surface area (Å²) >= 11 is 0. The topological polar surface area (TPSA) is 44.0 Å². The van der Waals surface area contributed by atoms with Gasteiger partial charge in [0.05, 0.1) is 0 Å². The Morgan fingerprint density at radius 2 is 1.83 bits per heavy atom. The molecule has 0 saturated carbocycles. The second kappa shape index (κ2) is 1.55. The van der Waals surface area contributed by atoms with E-state index in [-0.39, 0.29) is 0 Å². The molecule has 3 heteroatoms. The Hall–Kier alpha value is -0.120. The molecule has 0 amide bonds. The molecule has 1 radical (unpaired) electrons. The Morgan fingerprint density at radius 1 is 1.33 bits per heavy atom. The third-order valence-electron chi connectivity index (χ3n) is 0.784. The molecule has 1 aliphatic rings. The highest BCUT2D eigenvalue weighted by atomic mass is 16.3. The van der Waals surface area contributed by atoms with Crippen LogP contribution in [0.15, 0.2) is 0 Å². The number of hydrazine groups is 1. The molecule has 0 atom stereocenters. The molecule has 1 saturated heterocycles. The van der Waals surface area contributed by atoms with Gasteiger partial charge in [0.1, 0.15) is 6.10 Å². The van der Waals surface area contributed by atoms with Crippen LogP contribution in [0.1, 0.15) is 0 Å². The van der Waals surface area contributed by atoms with Crippen LogP contribution in [0.25, 0.3) is 0 Å². The average molecular weight is 87.1 g/mol. The molecule has 1 heterocycles.